The van der Waals surface area contributed by atoms with Crippen molar-refractivity contribution in [1.29, 1.82) is 0 Å². The number of thiazole rings is 1. The summed E-state index contributed by atoms with van der Waals surface area (Å²) >= 11 is 1.38. The molecule has 2 aromatic heterocycles. The summed E-state index contributed by atoms with van der Waals surface area (Å²) in [6.07, 6.45) is 5.08. The third-order valence-electron chi connectivity index (χ3n) is 4.63. The molecule has 1 unspecified atom stereocenters. The molecule has 0 radical (unpaired) electrons. The molecule has 0 bridgehead atoms. The zero-order valence-electron chi connectivity index (χ0n) is 15.0. The zero-order valence-corrected chi connectivity index (χ0v) is 15.8. The van der Waals surface area contributed by atoms with Crippen LogP contribution in [0.4, 0.5) is 0 Å². The van der Waals surface area contributed by atoms with Gasteiger partial charge in [0.25, 0.3) is 5.91 Å². The Hall–Kier alpha value is -2.68. The van der Waals surface area contributed by atoms with Gasteiger partial charge >= 0.3 is 5.97 Å². The third-order valence-corrected chi connectivity index (χ3v) is 5.52. The minimum Gasteiger partial charge on any atom is -0.480 e. The SMILES string of the molecule is CC(=O)N(CC(=O)O)C1CCCN(C(=O)c2csc(-c3ccoc3)n2)CC1. The molecular formula is C18H21N3O5S. The molecule has 9 heteroatoms. The van der Waals surface area contributed by atoms with Crippen LogP contribution >= 0.6 is 11.3 Å². The Morgan fingerprint density at radius 3 is 2.85 bits per heavy atom. The van der Waals surface area contributed by atoms with Crippen LogP contribution in [0.1, 0.15) is 36.7 Å². The first-order valence-corrected chi connectivity index (χ1v) is 9.60. The average Bonchev–Trinajstić information content (AvgIpc) is 3.26. The summed E-state index contributed by atoms with van der Waals surface area (Å²) in [6, 6.07) is 1.62. The Labute approximate surface area is 160 Å². The Morgan fingerprint density at radius 2 is 2.19 bits per heavy atom. The molecule has 1 aliphatic rings. The van der Waals surface area contributed by atoms with Gasteiger partial charge in [0.15, 0.2) is 0 Å². The van der Waals surface area contributed by atoms with Gasteiger partial charge in [0.2, 0.25) is 5.91 Å². The highest BCUT2D eigenvalue weighted by molar-refractivity contribution is 7.13. The van der Waals surface area contributed by atoms with Gasteiger partial charge in [0.1, 0.15) is 23.5 Å². The number of carbonyl (C=O) groups excluding carboxylic acids is 2. The van der Waals surface area contributed by atoms with Crippen LogP contribution in [0.2, 0.25) is 0 Å². The van der Waals surface area contributed by atoms with E-state index < -0.39 is 5.97 Å². The second kappa shape index (κ2) is 8.34. The normalized spacial score (nSPS) is 17.4. The number of carboxylic acid groups (broad SMARTS) is 1. The fraction of sp³-hybridized carbons (Fsp3) is 0.444. The predicted octanol–water partition coefficient (Wildman–Crippen LogP) is 2.33. The Kier molecular flexibility index (Phi) is 5.90. The van der Waals surface area contributed by atoms with E-state index in [1.165, 1.54) is 23.2 Å². The molecule has 1 aliphatic heterocycles. The maximum Gasteiger partial charge on any atom is 0.323 e. The molecule has 8 nitrogen and oxygen atoms in total. The minimum atomic E-state index is -1.03. The van der Waals surface area contributed by atoms with Crippen LogP contribution in [0.5, 0.6) is 0 Å². The second-order valence-corrected chi connectivity index (χ2v) is 7.33. The number of furan rings is 1. The first-order chi connectivity index (χ1) is 13.0. The van der Waals surface area contributed by atoms with Crippen LogP contribution in [-0.4, -0.2) is 63.4 Å². The van der Waals surface area contributed by atoms with E-state index in [2.05, 4.69) is 4.98 Å². The summed E-state index contributed by atoms with van der Waals surface area (Å²) in [6.45, 7) is 2.09. The number of carbonyl (C=O) groups is 3. The number of nitrogens with zero attached hydrogens (tertiary/aromatic N) is 3. The lowest BCUT2D eigenvalue weighted by molar-refractivity contribution is -0.145. The lowest BCUT2D eigenvalue weighted by atomic mass is 10.1. The van der Waals surface area contributed by atoms with E-state index in [0.29, 0.717) is 38.0 Å². The number of aromatic nitrogens is 1. The number of amides is 2. The number of likely N-dealkylation sites (tertiary alicyclic amines) is 1. The van der Waals surface area contributed by atoms with Crippen LogP contribution in [0.3, 0.4) is 0 Å². The lowest BCUT2D eigenvalue weighted by Gasteiger charge is -2.28. The molecule has 1 fully saturated rings. The van der Waals surface area contributed by atoms with Gasteiger partial charge in [-0.05, 0) is 25.3 Å². The molecule has 0 spiro atoms. The maximum atomic E-state index is 12.8. The van der Waals surface area contributed by atoms with E-state index in [9.17, 15) is 14.4 Å². The van der Waals surface area contributed by atoms with Gasteiger partial charge in [-0.2, -0.15) is 0 Å². The number of rotatable bonds is 5. The van der Waals surface area contributed by atoms with Gasteiger partial charge in [-0.1, -0.05) is 0 Å². The van der Waals surface area contributed by atoms with E-state index in [1.807, 2.05) is 0 Å². The van der Waals surface area contributed by atoms with Crippen molar-refractivity contribution in [2.45, 2.75) is 32.2 Å². The first kappa shape index (κ1) is 19.1. The molecule has 0 aliphatic carbocycles. The number of aliphatic carboxylic acids is 1. The molecule has 144 valence electrons. The molecule has 1 atom stereocenters. The summed E-state index contributed by atoms with van der Waals surface area (Å²) in [4.78, 5) is 43.2. The Morgan fingerprint density at radius 1 is 1.37 bits per heavy atom. The van der Waals surface area contributed by atoms with Crippen molar-refractivity contribution in [2.75, 3.05) is 19.6 Å². The van der Waals surface area contributed by atoms with Crippen molar-refractivity contribution in [3.8, 4) is 10.6 Å². The zero-order chi connectivity index (χ0) is 19.4. The van der Waals surface area contributed by atoms with E-state index in [0.717, 1.165) is 10.6 Å². The lowest BCUT2D eigenvalue weighted by Crippen LogP contribution is -2.43. The Bertz CT molecular complexity index is 817. The van der Waals surface area contributed by atoms with Crippen LogP contribution < -0.4 is 0 Å². The molecule has 3 rings (SSSR count). The topological polar surface area (TPSA) is 104 Å². The van der Waals surface area contributed by atoms with Crippen molar-refractivity contribution in [3.05, 3.63) is 29.7 Å². The number of hydrogen-bond acceptors (Lipinski definition) is 6. The van der Waals surface area contributed by atoms with Gasteiger partial charge in [0, 0.05) is 37.0 Å². The van der Waals surface area contributed by atoms with Crippen LogP contribution in [-0.2, 0) is 9.59 Å². The quantitative estimate of drug-likeness (QED) is 0.839. The molecule has 2 aromatic rings. The van der Waals surface area contributed by atoms with Gasteiger partial charge in [0.05, 0.1) is 6.26 Å². The molecule has 27 heavy (non-hydrogen) atoms. The second-order valence-electron chi connectivity index (χ2n) is 6.47. The Balaban J connectivity index is 1.66. The summed E-state index contributed by atoms with van der Waals surface area (Å²) < 4.78 is 5.05. The van der Waals surface area contributed by atoms with Crippen molar-refractivity contribution in [1.82, 2.24) is 14.8 Å². The third kappa shape index (κ3) is 4.54. The van der Waals surface area contributed by atoms with E-state index in [4.69, 9.17) is 9.52 Å². The summed E-state index contributed by atoms with van der Waals surface area (Å²) in [5.74, 6) is -1.43. The average molecular weight is 391 g/mol. The van der Waals surface area contributed by atoms with Crippen molar-refractivity contribution < 1.29 is 23.9 Å². The highest BCUT2D eigenvalue weighted by Gasteiger charge is 2.28. The highest BCUT2D eigenvalue weighted by atomic mass is 32.1. The maximum absolute atomic E-state index is 12.8. The first-order valence-electron chi connectivity index (χ1n) is 8.72. The van der Waals surface area contributed by atoms with Crippen molar-refractivity contribution >= 4 is 29.1 Å². The molecular weight excluding hydrogens is 370 g/mol. The van der Waals surface area contributed by atoms with Gasteiger partial charge in [-0.3, -0.25) is 14.4 Å². The largest absolute Gasteiger partial charge is 0.480 e. The summed E-state index contributed by atoms with van der Waals surface area (Å²) in [5.41, 5.74) is 1.23. The smallest absolute Gasteiger partial charge is 0.323 e. The number of hydrogen-bond donors (Lipinski definition) is 1. The van der Waals surface area contributed by atoms with Gasteiger partial charge in [-0.25, -0.2) is 4.98 Å². The minimum absolute atomic E-state index is 0.144. The fourth-order valence-electron chi connectivity index (χ4n) is 3.29. The van der Waals surface area contributed by atoms with Gasteiger partial charge < -0.3 is 19.3 Å². The highest BCUT2D eigenvalue weighted by Crippen LogP contribution is 2.25. The van der Waals surface area contributed by atoms with E-state index in [1.54, 1.807) is 28.9 Å². The molecule has 1 saturated heterocycles. The van der Waals surface area contributed by atoms with Crippen LogP contribution in [0.15, 0.2) is 28.4 Å². The van der Waals surface area contributed by atoms with E-state index in [-0.39, 0.29) is 24.4 Å². The molecule has 0 saturated carbocycles. The van der Waals surface area contributed by atoms with Crippen molar-refractivity contribution in [3.63, 3.8) is 0 Å². The number of carboxylic acids is 1. The summed E-state index contributed by atoms with van der Waals surface area (Å²) in [7, 11) is 0. The summed E-state index contributed by atoms with van der Waals surface area (Å²) in [5, 5.41) is 11.5. The van der Waals surface area contributed by atoms with Crippen LogP contribution in [0.25, 0.3) is 10.6 Å². The fourth-order valence-corrected chi connectivity index (χ4v) is 4.07. The van der Waals surface area contributed by atoms with Gasteiger partial charge in [-0.15, -0.1) is 11.3 Å². The predicted molar refractivity (Wildman–Crippen MR) is 98.4 cm³/mol. The molecule has 2 amide bonds. The molecule has 3 heterocycles. The monoisotopic (exact) mass is 391 g/mol. The molecule has 0 aromatic carbocycles. The van der Waals surface area contributed by atoms with Crippen molar-refractivity contribution in [2.24, 2.45) is 0 Å². The van der Waals surface area contributed by atoms with E-state index >= 15 is 0 Å². The van der Waals surface area contributed by atoms with Crippen LogP contribution in [0, 0.1) is 0 Å². The molecule has 1 N–H and O–H groups in total. The standard InChI is InChI=1S/C18H21N3O5S/c1-12(22)21(9-16(23)24)14-3-2-6-20(7-4-14)18(25)15-11-27-17(19-15)13-5-8-26-10-13/h5,8,10-11,14H,2-4,6-7,9H2,1H3,(H,23,24).